The van der Waals surface area contributed by atoms with Gasteiger partial charge in [-0.2, -0.15) is 0 Å². The highest BCUT2D eigenvalue weighted by atomic mass is 14.2. The molecule has 0 amide bonds. The van der Waals surface area contributed by atoms with E-state index in [1.54, 1.807) is 0 Å². The van der Waals surface area contributed by atoms with Crippen molar-refractivity contribution in [2.24, 2.45) is 0 Å². The van der Waals surface area contributed by atoms with Gasteiger partial charge in [0.25, 0.3) is 0 Å². The molecule has 25 heavy (non-hydrogen) atoms. The maximum absolute atomic E-state index is 2.37. The summed E-state index contributed by atoms with van der Waals surface area (Å²) in [5, 5.41) is 5.43. The summed E-state index contributed by atoms with van der Waals surface area (Å²) in [6, 6.07) is 20.3. The lowest BCUT2D eigenvalue weighted by Gasteiger charge is -2.19. The summed E-state index contributed by atoms with van der Waals surface area (Å²) in [4.78, 5) is 0. The van der Waals surface area contributed by atoms with Crippen molar-refractivity contribution in [1.82, 2.24) is 0 Å². The molecule has 0 unspecified atom stereocenters. The van der Waals surface area contributed by atoms with Gasteiger partial charge in [-0.05, 0) is 95.6 Å². The van der Waals surface area contributed by atoms with Crippen LogP contribution in [0.3, 0.4) is 0 Å². The number of fused-ring (bicyclic) bond motifs is 2. The Morgan fingerprint density at radius 3 is 1.40 bits per heavy atom. The van der Waals surface area contributed by atoms with Crippen molar-refractivity contribution in [3.8, 4) is 11.1 Å². The minimum Gasteiger partial charge on any atom is -0.0613 e. The van der Waals surface area contributed by atoms with E-state index < -0.39 is 0 Å². The SMILES string of the molecule is Cc1cc(C)c(-c2c3cccc(C)c3cc3c(C)cccc23)c(C)c1. The van der Waals surface area contributed by atoms with Gasteiger partial charge >= 0.3 is 0 Å². The fourth-order valence-corrected chi connectivity index (χ4v) is 4.31. The molecular formula is C25H24. The minimum absolute atomic E-state index is 1.33. The zero-order valence-corrected chi connectivity index (χ0v) is 15.7. The van der Waals surface area contributed by atoms with Crippen molar-refractivity contribution in [3.63, 3.8) is 0 Å². The van der Waals surface area contributed by atoms with Crippen molar-refractivity contribution in [2.45, 2.75) is 34.6 Å². The van der Waals surface area contributed by atoms with Gasteiger partial charge in [0.2, 0.25) is 0 Å². The zero-order valence-electron chi connectivity index (χ0n) is 15.7. The number of hydrogen-bond acceptors (Lipinski definition) is 0. The summed E-state index contributed by atoms with van der Waals surface area (Å²) in [6.07, 6.45) is 0. The molecular weight excluding hydrogens is 300 g/mol. The van der Waals surface area contributed by atoms with E-state index in [0.717, 1.165) is 0 Å². The molecule has 0 bridgehead atoms. The Morgan fingerprint density at radius 2 is 0.920 bits per heavy atom. The van der Waals surface area contributed by atoms with Crippen LogP contribution in [0.2, 0.25) is 0 Å². The van der Waals surface area contributed by atoms with Crippen LogP contribution in [0.4, 0.5) is 0 Å². The maximum Gasteiger partial charge on any atom is -0.00213 e. The molecule has 0 fully saturated rings. The first-order valence-corrected chi connectivity index (χ1v) is 8.97. The normalized spacial score (nSPS) is 11.4. The monoisotopic (exact) mass is 324 g/mol. The van der Waals surface area contributed by atoms with Gasteiger partial charge in [0, 0.05) is 0 Å². The van der Waals surface area contributed by atoms with E-state index >= 15 is 0 Å². The van der Waals surface area contributed by atoms with Gasteiger partial charge in [-0.3, -0.25) is 0 Å². The maximum atomic E-state index is 2.37. The highest BCUT2D eigenvalue weighted by Gasteiger charge is 2.15. The average molecular weight is 324 g/mol. The largest absolute Gasteiger partial charge is 0.0613 e. The molecule has 0 heterocycles. The van der Waals surface area contributed by atoms with Crippen molar-refractivity contribution < 1.29 is 0 Å². The summed E-state index contributed by atoms with van der Waals surface area (Å²) < 4.78 is 0. The van der Waals surface area contributed by atoms with Gasteiger partial charge in [0.15, 0.2) is 0 Å². The quantitative estimate of drug-likeness (QED) is 0.325. The summed E-state index contributed by atoms with van der Waals surface area (Å²) in [6.45, 7) is 11.1. The van der Waals surface area contributed by atoms with Crippen LogP contribution < -0.4 is 0 Å². The number of benzene rings is 4. The van der Waals surface area contributed by atoms with Crippen LogP contribution in [0.5, 0.6) is 0 Å². The predicted molar refractivity (Wildman–Crippen MR) is 111 cm³/mol. The van der Waals surface area contributed by atoms with E-state index in [1.165, 1.54) is 60.5 Å². The van der Waals surface area contributed by atoms with Gasteiger partial charge in [-0.15, -0.1) is 0 Å². The summed E-state index contributed by atoms with van der Waals surface area (Å²) in [5.41, 5.74) is 9.49. The third-order valence-electron chi connectivity index (χ3n) is 5.40. The first-order chi connectivity index (χ1) is 12.0. The smallest absolute Gasteiger partial charge is 0.00213 e. The van der Waals surface area contributed by atoms with Crippen LogP contribution in [0.25, 0.3) is 32.7 Å². The molecule has 0 aliphatic rings. The number of aryl methyl sites for hydroxylation is 5. The van der Waals surface area contributed by atoms with Gasteiger partial charge in [0.05, 0.1) is 0 Å². The molecule has 0 saturated carbocycles. The fraction of sp³-hybridized carbons (Fsp3) is 0.200. The third-order valence-corrected chi connectivity index (χ3v) is 5.40. The molecule has 0 saturated heterocycles. The Balaban J connectivity index is 2.29. The molecule has 0 nitrogen and oxygen atoms in total. The lowest BCUT2D eigenvalue weighted by atomic mass is 9.85. The molecule has 0 aromatic heterocycles. The predicted octanol–water partition coefficient (Wildman–Crippen LogP) is 7.20. The molecule has 4 rings (SSSR count). The van der Waals surface area contributed by atoms with E-state index in [-0.39, 0.29) is 0 Å². The van der Waals surface area contributed by atoms with Crippen LogP contribution in [0, 0.1) is 34.6 Å². The molecule has 0 aliphatic heterocycles. The topological polar surface area (TPSA) is 0 Å². The Kier molecular flexibility index (Phi) is 3.65. The Hall–Kier alpha value is -2.60. The van der Waals surface area contributed by atoms with E-state index in [9.17, 15) is 0 Å². The molecule has 124 valence electrons. The van der Waals surface area contributed by atoms with Gasteiger partial charge in [0.1, 0.15) is 0 Å². The molecule has 0 heteroatoms. The summed E-state index contributed by atoms with van der Waals surface area (Å²) >= 11 is 0. The van der Waals surface area contributed by atoms with Crippen LogP contribution in [0.1, 0.15) is 27.8 Å². The summed E-state index contributed by atoms with van der Waals surface area (Å²) in [5.74, 6) is 0. The molecule has 4 aromatic rings. The van der Waals surface area contributed by atoms with Crippen molar-refractivity contribution in [3.05, 3.63) is 82.4 Å². The van der Waals surface area contributed by atoms with Gasteiger partial charge < -0.3 is 0 Å². The van der Waals surface area contributed by atoms with Crippen LogP contribution in [-0.4, -0.2) is 0 Å². The van der Waals surface area contributed by atoms with Gasteiger partial charge in [-0.1, -0.05) is 54.1 Å². The molecule has 0 aliphatic carbocycles. The van der Waals surface area contributed by atoms with Crippen molar-refractivity contribution in [1.29, 1.82) is 0 Å². The van der Waals surface area contributed by atoms with Crippen LogP contribution in [0.15, 0.2) is 54.6 Å². The van der Waals surface area contributed by atoms with Crippen molar-refractivity contribution in [2.75, 3.05) is 0 Å². The Bertz CT molecular complexity index is 1050. The van der Waals surface area contributed by atoms with E-state index in [1.807, 2.05) is 0 Å². The second-order valence-electron chi connectivity index (χ2n) is 7.37. The van der Waals surface area contributed by atoms with E-state index in [2.05, 4.69) is 89.2 Å². The van der Waals surface area contributed by atoms with Crippen molar-refractivity contribution >= 4 is 21.5 Å². The average Bonchev–Trinajstić information content (AvgIpc) is 2.55. The molecule has 0 radical (unpaired) electrons. The lowest BCUT2D eigenvalue weighted by Crippen LogP contribution is -1.94. The van der Waals surface area contributed by atoms with Crippen LogP contribution in [-0.2, 0) is 0 Å². The second-order valence-corrected chi connectivity index (χ2v) is 7.37. The van der Waals surface area contributed by atoms with E-state index in [0.29, 0.717) is 0 Å². The second kappa shape index (κ2) is 5.74. The zero-order chi connectivity index (χ0) is 17.7. The Morgan fingerprint density at radius 1 is 0.440 bits per heavy atom. The molecule has 0 N–H and O–H groups in total. The number of rotatable bonds is 1. The Labute approximate surface area is 150 Å². The third kappa shape index (κ3) is 2.44. The molecule has 4 aromatic carbocycles. The highest BCUT2D eigenvalue weighted by Crippen LogP contribution is 2.41. The number of hydrogen-bond donors (Lipinski definition) is 0. The fourth-order valence-electron chi connectivity index (χ4n) is 4.31. The first-order valence-electron chi connectivity index (χ1n) is 8.97. The highest BCUT2D eigenvalue weighted by molar-refractivity contribution is 6.14. The first kappa shape index (κ1) is 15.9. The lowest BCUT2D eigenvalue weighted by molar-refractivity contribution is 1.33. The van der Waals surface area contributed by atoms with Gasteiger partial charge in [-0.25, -0.2) is 0 Å². The molecule has 0 atom stereocenters. The standard InChI is InChI=1S/C25H24/c1-15-12-18(4)24(19(5)13-15)25-20-10-6-8-16(2)22(20)14-23-17(3)9-7-11-21(23)25/h6-14H,1-5H3. The summed E-state index contributed by atoms with van der Waals surface area (Å²) in [7, 11) is 0. The van der Waals surface area contributed by atoms with Crippen LogP contribution >= 0.6 is 0 Å². The minimum atomic E-state index is 1.33. The van der Waals surface area contributed by atoms with E-state index in [4.69, 9.17) is 0 Å². The molecule has 0 spiro atoms.